The Bertz CT molecular complexity index is 724. The van der Waals surface area contributed by atoms with Crippen LogP contribution in [0.25, 0.3) is 10.2 Å². The lowest BCUT2D eigenvalue weighted by molar-refractivity contribution is 0.103. The minimum absolute atomic E-state index is 0.0871. The number of halogens is 1. The van der Waals surface area contributed by atoms with Gasteiger partial charge in [-0.15, -0.1) is 5.10 Å². The van der Waals surface area contributed by atoms with Crippen molar-refractivity contribution >= 4 is 39.1 Å². The third-order valence-electron chi connectivity index (χ3n) is 2.64. The van der Waals surface area contributed by atoms with E-state index in [9.17, 15) is 4.79 Å². The highest BCUT2D eigenvalue weighted by Crippen LogP contribution is 2.30. The lowest BCUT2D eigenvalue weighted by Crippen LogP contribution is -2.01. The number of rotatable bonds is 2. The summed E-state index contributed by atoms with van der Waals surface area (Å²) in [6, 6.07) is 12.5. The number of carbonyl (C=O) groups is 1. The Morgan fingerprint density at radius 2 is 1.89 bits per heavy atom. The minimum Gasteiger partial charge on any atom is -0.289 e. The van der Waals surface area contributed by atoms with Crippen molar-refractivity contribution in [2.24, 2.45) is 0 Å². The molecule has 0 N–H and O–H groups in total. The van der Waals surface area contributed by atoms with Crippen LogP contribution in [0.1, 0.15) is 15.9 Å². The van der Waals surface area contributed by atoms with Gasteiger partial charge in [-0.25, -0.2) is 0 Å². The molecule has 5 heteroatoms. The molecule has 1 heterocycles. The van der Waals surface area contributed by atoms with E-state index >= 15 is 0 Å². The number of carbonyl (C=O) groups excluding carboxylic acids is 1. The van der Waals surface area contributed by atoms with Crippen molar-refractivity contribution < 1.29 is 4.79 Å². The molecule has 0 spiro atoms. The zero-order chi connectivity index (χ0) is 12.5. The van der Waals surface area contributed by atoms with Gasteiger partial charge in [0, 0.05) is 11.1 Å². The highest BCUT2D eigenvalue weighted by atomic mass is 35.5. The zero-order valence-corrected chi connectivity index (χ0v) is 10.7. The summed E-state index contributed by atoms with van der Waals surface area (Å²) < 4.78 is 4.58. The van der Waals surface area contributed by atoms with Gasteiger partial charge in [0.25, 0.3) is 0 Å². The third-order valence-corrected chi connectivity index (χ3v) is 3.90. The summed E-state index contributed by atoms with van der Waals surface area (Å²) in [5, 5.41) is 4.35. The van der Waals surface area contributed by atoms with Crippen molar-refractivity contribution in [2.45, 2.75) is 0 Å². The summed E-state index contributed by atoms with van der Waals surface area (Å²) in [5.41, 5.74) is 1.83. The van der Waals surface area contributed by atoms with Crippen LogP contribution >= 0.6 is 23.1 Å². The summed E-state index contributed by atoms with van der Waals surface area (Å²) in [6.07, 6.45) is 0. The Balaban J connectivity index is 2.15. The molecule has 88 valence electrons. The predicted octanol–water partition coefficient (Wildman–Crippen LogP) is 3.58. The monoisotopic (exact) mass is 274 g/mol. The Hall–Kier alpha value is -1.78. The maximum Gasteiger partial charge on any atom is 0.194 e. The van der Waals surface area contributed by atoms with Gasteiger partial charge in [-0.05, 0) is 23.7 Å². The lowest BCUT2D eigenvalue weighted by Gasteiger charge is -2.03. The molecule has 0 unspecified atom stereocenters. The first-order valence-corrected chi connectivity index (χ1v) is 6.43. The van der Waals surface area contributed by atoms with Crippen LogP contribution in [0.4, 0.5) is 0 Å². The van der Waals surface area contributed by atoms with Gasteiger partial charge in [0.2, 0.25) is 0 Å². The normalized spacial score (nSPS) is 10.7. The van der Waals surface area contributed by atoms with Crippen LogP contribution in [0, 0.1) is 0 Å². The smallest absolute Gasteiger partial charge is 0.194 e. The molecule has 3 rings (SSSR count). The average Bonchev–Trinajstić information content (AvgIpc) is 2.89. The quantitative estimate of drug-likeness (QED) is 0.671. The Kier molecular flexibility index (Phi) is 2.81. The first kappa shape index (κ1) is 11.3. The zero-order valence-electron chi connectivity index (χ0n) is 9.13. The molecule has 0 atom stereocenters. The first-order valence-electron chi connectivity index (χ1n) is 5.27. The van der Waals surface area contributed by atoms with Crippen molar-refractivity contribution in [3.05, 3.63) is 58.6 Å². The largest absolute Gasteiger partial charge is 0.289 e. The number of nitrogens with zero attached hydrogens (tertiary/aromatic N) is 2. The lowest BCUT2D eigenvalue weighted by atomic mass is 10.0. The minimum atomic E-state index is -0.0871. The number of ketones is 1. The molecule has 0 aliphatic rings. The number of benzene rings is 2. The van der Waals surface area contributed by atoms with Crippen LogP contribution in [0.3, 0.4) is 0 Å². The standard InChI is InChI=1S/C13H7ClN2OS/c14-11-9(6-7-10-13(11)18-16-15-10)12(17)8-4-2-1-3-5-8/h1-7H. The summed E-state index contributed by atoms with van der Waals surface area (Å²) in [7, 11) is 0. The average molecular weight is 275 g/mol. The van der Waals surface area contributed by atoms with Gasteiger partial charge >= 0.3 is 0 Å². The summed E-state index contributed by atoms with van der Waals surface area (Å²) >= 11 is 7.43. The second-order valence-electron chi connectivity index (χ2n) is 3.74. The van der Waals surface area contributed by atoms with Gasteiger partial charge < -0.3 is 0 Å². The van der Waals surface area contributed by atoms with Crippen molar-refractivity contribution in [3.63, 3.8) is 0 Å². The van der Waals surface area contributed by atoms with Gasteiger partial charge in [0.1, 0.15) is 5.52 Å². The van der Waals surface area contributed by atoms with Crippen LogP contribution in [0.15, 0.2) is 42.5 Å². The van der Waals surface area contributed by atoms with E-state index in [1.165, 1.54) is 11.5 Å². The fourth-order valence-electron chi connectivity index (χ4n) is 1.74. The van der Waals surface area contributed by atoms with E-state index in [2.05, 4.69) is 9.59 Å². The maximum absolute atomic E-state index is 12.3. The molecule has 3 nitrogen and oxygen atoms in total. The van der Waals surface area contributed by atoms with E-state index in [1.54, 1.807) is 24.3 Å². The molecule has 0 aliphatic carbocycles. The highest BCUT2D eigenvalue weighted by molar-refractivity contribution is 7.13. The van der Waals surface area contributed by atoms with Gasteiger partial charge in [0.15, 0.2) is 5.78 Å². The first-order chi connectivity index (χ1) is 8.77. The van der Waals surface area contributed by atoms with Crippen LogP contribution in [0.2, 0.25) is 5.02 Å². The second-order valence-corrected chi connectivity index (χ2v) is 4.88. The van der Waals surface area contributed by atoms with E-state index in [0.717, 1.165) is 10.2 Å². The Morgan fingerprint density at radius 1 is 1.11 bits per heavy atom. The van der Waals surface area contributed by atoms with Crippen molar-refractivity contribution in [2.75, 3.05) is 0 Å². The van der Waals surface area contributed by atoms with E-state index in [4.69, 9.17) is 11.6 Å². The SMILES string of the molecule is O=C(c1ccccc1)c1ccc2nnsc2c1Cl. The molecule has 0 fully saturated rings. The molecule has 0 saturated heterocycles. The summed E-state index contributed by atoms with van der Waals surface area (Å²) in [4.78, 5) is 12.3. The molecule has 1 aromatic heterocycles. The fourth-order valence-corrected chi connectivity index (χ4v) is 2.69. The molecule has 18 heavy (non-hydrogen) atoms. The van der Waals surface area contributed by atoms with Gasteiger partial charge in [-0.3, -0.25) is 4.79 Å². The molecular formula is C13H7ClN2OS. The van der Waals surface area contributed by atoms with Crippen LogP contribution in [0.5, 0.6) is 0 Å². The van der Waals surface area contributed by atoms with Crippen LogP contribution < -0.4 is 0 Å². The van der Waals surface area contributed by atoms with E-state index in [-0.39, 0.29) is 5.78 Å². The molecular weight excluding hydrogens is 268 g/mol. The molecule has 0 saturated carbocycles. The molecule has 3 aromatic rings. The number of hydrogen-bond acceptors (Lipinski definition) is 4. The molecule has 0 bridgehead atoms. The van der Waals surface area contributed by atoms with Crippen LogP contribution in [-0.2, 0) is 0 Å². The summed E-state index contributed by atoms with van der Waals surface area (Å²) in [5.74, 6) is -0.0871. The highest BCUT2D eigenvalue weighted by Gasteiger charge is 2.16. The Morgan fingerprint density at radius 3 is 2.67 bits per heavy atom. The Labute approximate surface area is 112 Å². The molecule has 0 radical (unpaired) electrons. The van der Waals surface area contributed by atoms with E-state index < -0.39 is 0 Å². The molecule has 0 amide bonds. The molecule has 2 aromatic carbocycles. The van der Waals surface area contributed by atoms with Gasteiger partial charge in [0.05, 0.1) is 9.72 Å². The van der Waals surface area contributed by atoms with Gasteiger partial charge in [-0.2, -0.15) is 0 Å². The number of fused-ring (bicyclic) bond motifs is 1. The predicted molar refractivity (Wildman–Crippen MR) is 72.3 cm³/mol. The van der Waals surface area contributed by atoms with Crippen LogP contribution in [-0.4, -0.2) is 15.4 Å². The maximum atomic E-state index is 12.3. The topological polar surface area (TPSA) is 42.9 Å². The number of hydrogen-bond donors (Lipinski definition) is 0. The number of aromatic nitrogens is 2. The van der Waals surface area contributed by atoms with E-state index in [0.29, 0.717) is 16.1 Å². The van der Waals surface area contributed by atoms with Crippen molar-refractivity contribution in [1.82, 2.24) is 9.59 Å². The van der Waals surface area contributed by atoms with Crippen molar-refractivity contribution in [3.8, 4) is 0 Å². The fraction of sp³-hybridized carbons (Fsp3) is 0. The van der Waals surface area contributed by atoms with Gasteiger partial charge in [-0.1, -0.05) is 46.4 Å². The van der Waals surface area contributed by atoms with E-state index in [1.807, 2.05) is 18.2 Å². The molecule has 0 aliphatic heterocycles. The second kappa shape index (κ2) is 4.48. The van der Waals surface area contributed by atoms with Crippen molar-refractivity contribution in [1.29, 1.82) is 0 Å². The third kappa shape index (κ3) is 1.79. The summed E-state index contributed by atoms with van der Waals surface area (Å²) in [6.45, 7) is 0.